The highest BCUT2D eigenvalue weighted by atomic mass is 79.9. The summed E-state index contributed by atoms with van der Waals surface area (Å²) in [5, 5.41) is 3.39. The molecule has 1 aromatic rings. The first-order valence-electron chi connectivity index (χ1n) is 5.84. The average Bonchev–Trinajstić information content (AvgIpc) is 2.38. The molecule has 0 heterocycles. The second-order valence-corrected chi connectivity index (χ2v) is 6.48. The van der Waals surface area contributed by atoms with Crippen molar-refractivity contribution >= 4 is 45.2 Å². The number of alkyl halides is 1. The van der Waals surface area contributed by atoms with E-state index in [2.05, 4.69) is 28.2 Å². The van der Waals surface area contributed by atoms with E-state index in [1.54, 1.807) is 17.8 Å². The molecule has 1 amide bonds. The van der Waals surface area contributed by atoms with Crippen molar-refractivity contribution in [2.75, 3.05) is 12.8 Å². The van der Waals surface area contributed by atoms with Gasteiger partial charge >= 0.3 is 0 Å². The second kappa shape index (κ2) is 8.08. The Labute approximate surface area is 126 Å². The molecule has 0 aromatic heterocycles. The molecule has 0 bridgehead atoms. The van der Waals surface area contributed by atoms with Crippen LogP contribution in [0.4, 0.5) is 0 Å². The lowest BCUT2D eigenvalue weighted by Gasteiger charge is -2.10. The van der Waals surface area contributed by atoms with Crippen molar-refractivity contribution in [1.29, 1.82) is 0 Å². The zero-order valence-electron chi connectivity index (χ0n) is 10.5. The number of hydrogen-bond acceptors (Lipinski definition) is 2. The van der Waals surface area contributed by atoms with E-state index in [1.807, 2.05) is 18.4 Å². The summed E-state index contributed by atoms with van der Waals surface area (Å²) in [5.74, 6) is -0.105. The van der Waals surface area contributed by atoms with Gasteiger partial charge in [-0.15, -0.1) is 11.8 Å². The van der Waals surface area contributed by atoms with Crippen molar-refractivity contribution < 1.29 is 4.79 Å². The summed E-state index contributed by atoms with van der Waals surface area (Å²) in [6.07, 6.45) is 3.95. The highest BCUT2D eigenvalue weighted by molar-refractivity contribution is 9.09. The molecule has 0 saturated heterocycles. The fourth-order valence-electron chi connectivity index (χ4n) is 1.45. The number of carbonyl (C=O) groups excluding carboxylic acids is 1. The first kappa shape index (κ1) is 15.9. The van der Waals surface area contributed by atoms with Crippen molar-refractivity contribution in [3.8, 4) is 0 Å². The van der Waals surface area contributed by atoms with Gasteiger partial charge in [-0.3, -0.25) is 4.79 Å². The molecule has 100 valence electrons. The van der Waals surface area contributed by atoms with Crippen molar-refractivity contribution in [2.45, 2.75) is 29.5 Å². The molecule has 0 aliphatic heterocycles. The molecule has 2 nitrogen and oxygen atoms in total. The van der Waals surface area contributed by atoms with E-state index >= 15 is 0 Å². The molecule has 0 spiro atoms. The van der Waals surface area contributed by atoms with Crippen LogP contribution in [0.25, 0.3) is 0 Å². The van der Waals surface area contributed by atoms with Crippen LogP contribution < -0.4 is 5.32 Å². The average molecular weight is 351 g/mol. The molecule has 1 N–H and O–H groups in total. The molecule has 0 saturated carbocycles. The monoisotopic (exact) mass is 349 g/mol. The number of rotatable bonds is 6. The predicted molar refractivity (Wildman–Crippen MR) is 83.2 cm³/mol. The summed E-state index contributed by atoms with van der Waals surface area (Å²) in [6, 6.07) is 5.50. The molecule has 0 fully saturated rings. The van der Waals surface area contributed by atoms with Gasteiger partial charge in [0.25, 0.3) is 5.91 Å². The van der Waals surface area contributed by atoms with E-state index in [-0.39, 0.29) is 5.91 Å². The van der Waals surface area contributed by atoms with Gasteiger partial charge in [0.05, 0.1) is 10.6 Å². The summed E-state index contributed by atoms with van der Waals surface area (Å²) in [6.45, 7) is 2.77. The molecule has 18 heavy (non-hydrogen) atoms. The molecule has 1 unspecified atom stereocenters. The highest BCUT2D eigenvalue weighted by Crippen LogP contribution is 2.22. The number of halogens is 2. The van der Waals surface area contributed by atoms with Gasteiger partial charge in [0.2, 0.25) is 0 Å². The van der Waals surface area contributed by atoms with Crippen LogP contribution >= 0.6 is 39.3 Å². The lowest BCUT2D eigenvalue weighted by Crippen LogP contribution is -2.26. The predicted octanol–water partition coefficient (Wildman–Crippen LogP) is 4.36. The Bertz CT molecular complexity index is 414. The lowest BCUT2D eigenvalue weighted by molar-refractivity contribution is 0.0953. The van der Waals surface area contributed by atoms with Gasteiger partial charge in [-0.2, -0.15) is 0 Å². The number of carbonyl (C=O) groups is 1. The fraction of sp³-hybridized carbons (Fsp3) is 0.462. The molecule has 0 aliphatic rings. The van der Waals surface area contributed by atoms with Gasteiger partial charge in [-0.1, -0.05) is 34.5 Å². The largest absolute Gasteiger partial charge is 0.352 e. The third kappa shape index (κ3) is 4.82. The maximum Gasteiger partial charge on any atom is 0.252 e. The molecule has 1 aromatic carbocycles. The smallest absolute Gasteiger partial charge is 0.252 e. The van der Waals surface area contributed by atoms with E-state index in [9.17, 15) is 4.79 Å². The van der Waals surface area contributed by atoms with Crippen LogP contribution in [-0.4, -0.2) is 23.5 Å². The summed E-state index contributed by atoms with van der Waals surface area (Å²) in [5.41, 5.74) is 0.547. The molecule has 5 heteroatoms. The SMILES string of the molecule is CCC(Br)CCNC(=O)c1cc(SC)ccc1Cl. The Morgan fingerprint density at radius 1 is 1.56 bits per heavy atom. The minimum atomic E-state index is -0.105. The molecule has 0 aliphatic carbocycles. The van der Waals surface area contributed by atoms with Gasteiger partial charge < -0.3 is 5.32 Å². The Hall–Kier alpha value is -0.190. The Balaban J connectivity index is 2.61. The molecular formula is C13H17BrClNOS. The quantitative estimate of drug-likeness (QED) is 0.610. The minimum Gasteiger partial charge on any atom is -0.352 e. The number of nitrogens with one attached hydrogen (secondary N) is 1. The van der Waals surface area contributed by atoms with Crippen molar-refractivity contribution in [3.63, 3.8) is 0 Å². The van der Waals surface area contributed by atoms with E-state index in [0.717, 1.165) is 17.7 Å². The van der Waals surface area contributed by atoms with E-state index in [1.165, 1.54) is 0 Å². The third-order valence-electron chi connectivity index (χ3n) is 2.60. The van der Waals surface area contributed by atoms with Gasteiger partial charge in [-0.05, 0) is 37.3 Å². The normalized spacial score (nSPS) is 12.2. The summed E-state index contributed by atoms with van der Waals surface area (Å²) in [4.78, 5) is 13.5. The van der Waals surface area contributed by atoms with Gasteiger partial charge in [0, 0.05) is 16.3 Å². The number of hydrogen-bond donors (Lipinski definition) is 1. The van der Waals surface area contributed by atoms with E-state index in [0.29, 0.717) is 22.0 Å². The summed E-state index contributed by atoms with van der Waals surface area (Å²) < 4.78 is 0. The summed E-state index contributed by atoms with van der Waals surface area (Å²) in [7, 11) is 0. The number of thioether (sulfide) groups is 1. The molecule has 1 rings (SSSR count). The topological polar surface area (TPSA) is 29.1 Å². The first-order valence-corrected chi connectivity index (χ1v) is 8.36. The van der Waals surface area contributed by atoms with Crippen molar-refractivity contribution in [1.82, 2.24) is 5.32 Å². The third-order valence-corrected chi connectivity index (χ3v) is 4.76. The van der Waals surface area contributed by atoms with Crippen LogP contribution in [0.15, 0.2) is 23.1 Å². The van der Waals surface area contributed by atoms with Crippen LogP contribution in [0, 0.1) is 0 Å². The standard InChI is InChI=1S/C13H17BrClNOS/c1-3-9(14)6-7-16-13(17)11-8-10(18-2)4-5-12(11)15/h4-5,8-9H,3,6-7H2,1-2H3,(H,16,17). The highest BCUT2D eigenvalue weighted by Gasteiger charge is 2.11. The first-order chi connectivity index (χ1) is 8.58. The van der Waals surface area contributed by atoms with Gasteiger partial charge in [0.15, 0.2) is 0 Å². The summed E-state index contributed by atoms with van der Waals surface area (Å²) >= 11 is 11.2. The van der Waals surface area contributed by atoms with E-state index < -0.39 is 0 Å². The van der Waals surface area contributed by atoms with Gasteiger partial charge in [-0.25, -0.2) is 0 Å². The minimum absolute atomic E-state index is 0.105. The lowest BCUT2D eigenvalue weighted by atomic mass is 10.2. The molecule has 0 radical (unpaired) electrons. The molecular weight excluding hydrogens is 334 g/mol. The van der Waals surface area contributed by atoms with Crippen LogP contribution in [0.2, 0.25) is 5.02 Å². The van der Waals surface area contributed by atoms with Crippen LogP contribution in [0.3, 0.4) is 0 Å². The second-order valence-electron chi connectivity index (χ2n) is 3.90. The zero-order chi connectivity index (χ0) is 13.5. The number of benzene rings is 1. The zero-order valence-corrected chi connectivity index (χ0v) is 13.7. The molecule has 1 atom stereocenters. The van der Waals surface area contributed by atoms with E-state index in [4.69, 9.17) is 11.6 Å². The van der Waals surface area contributed by atoms with Crippen LogP contribution in [0.5, 0.6) is 0 Å². The Morgan fingerprint density at radius 2 is 2.28 bits per heavy atom. The maximum absolute atomic E-state index is 12.0. The maximum atomic E-state index is 12.0. The van der Waals surface area contributed by atoms with Crippen molar-refractivity contribution in [3.05, 3.63) is 28.8 Å². The number of amides is 1. The fourth-order valence-corrected chi connectivity index (χ4v) is 2.32. The van der Waals surface area contributed by atoms with Crippen molar-refractivity contribution in [2.24, 2.45) is 0 Å². The Morgan fingerprint density at radius 3 is 2.89 bits per heavy atom. The van der Waals surface area contributed by atoms with Crippen LogP contribution in [0.1, 0.15) is 30.1 Å². The van der Waals surface area contributed by atoms with Gasteiger partial charge in [0.1, 0.15) is 0 Å². The Kier molecular flexibility index (Phi) is 7.12. The van der Waals surface area contributed by atoms with Crippen LogP contribution in [-0.2, 0) is 0 Å².